The first-order chi connectivity index (χ1) is 12.7. The van der Waals surface area contributed by atoms with E-state index in [2.05, 4.69) is 30.9 Å². The van der Waals surface area contributed by atoms with Crippen molar-refractivity contribution < 1.29 is 4.79 Å². The van der Waals surface area contributed by atoms with Crippen molar-refractivity contribution in [1.82, 2.24) is 20.3 Å². The number of carbonyl (C=O) groups excluding carboxylic acids is 1. The third-order valence-corrected chi connectivity index (χ3v) is 3.79. The van der Waals surface area contributed by atoms with Crippen LogP contribution in [0.5, 0.6) is 0 Å². The molecule has 0 saturated heterocycles. The molecule has 3 rings (SSSR count). The zero-order valence-electron chi connectivity index (χ0n) is 14.9. The molecule has 134 valence electrons. The number of carbonyl (C=O) groups is 1. The normalized spacial score (nSPS) is 10.5. The van der Waals surface area contributed by atoms with E-state index in [0.29, 0.717) is 24.7 Å². The number of fused-ring (bicyclic) bond motifs is 1. The van der Waals surface area contributed by atoms with Crippen molar-refractivity contribution in [3.8, 4) is 0 Å². The van der Waals surface area contributed by atoms with E-state index in [1.807, 2.05) is 50.2 Å². The van der Waals surface area contributed by atoms with Crippen molar-refractivity contribution in [3.05, 3.63) is 54.0 Å². The number of nitrogens with one attached hydrogen (secondary N) is 3. The number of aryl methyl sites for hydroxylation is 1. The predicted octanol–water partition coefficient (Wildman–Crippen LogP) is 2.61. The Hall–Kier alpha value is -3.22. The van der Waals surface area contributed by atoms with E-state index in [4.69, 9.17) is 0 Å². The Bertz CT molecular complexity index is 906. The fraction of sp³-hybridized carbons (Fsp3) is 0.263. The van der Waals surface area contributed by atoms with Crippen molar-refractivity contribution in [1.29, 1.82) is 0 Å². The van der Waals surface area contributed by atoms with Crippen LogP contribution in [0.3, 0.4) is 0 Å². The molecule has 0 unspecified atom stereocenters. The summed E-state index contributed by atoms with van der Waals surface area (Å²) in [5.41, 5.74) is 1.31. The number of rotatable bonds is 7. The molecule has 26 heavy (non-hydrogen) atoms. The van der Waals surface area contributed by atoms with E-state index in [9.17, 15) is 4.79 Å². The molecule has 2 heterocycles. The number of aromatic nitrogens is 3. The van der Waals surface area contributed by atoms with Gasteiger partial charge in [0.15, 0.2) is 0 Å². The zero-order valence-corrected chi connectivity index (χ0v) is 14.9. The van der Waals surface area contributed by atoms with Gasteiger partial charge in [-0.05, 0) is 25.3 Å². The Morgan fingerprint density at radius 2 is 1.92 bits per heavy atom. The average molecular weight is 350 g/mol. The molecule has 0 bridgehead atoms. The number of anilines is 2. The minimum Gasteiger partial charge on any atom is -0.370 e. The summed E-state index contributed by atoms with van der Waals surface area (Å²) in [6.45, 7) is 5.69. The Balaban J connectivity index is 1.57. The summed E-state index contributed by atoms with van der Waals surface area (Å²) in [6, 6.07) is 11.5. The van der Waals surface area contributed by atoms with Crippen molar-refractivity contribution in [3.63, 3.8) is 0 Å². The van der Waals surface area contributed by atoms with Crippen LogP contribution in [0.15, 0.2) is 42.6 Å². The van der Waals surface area contributed by atoms with Crippen LogP contribution in [0.25, 0.3) is 10.8 Å². The van der Waals surface area contributed by atoms with Crippen LogP contribution in [0, 0.1) is 6.92 Å². The molecule has 1 amide bonds. The summed E-state index contributed by atoms with van der Waals surface area (Å²) >= 11 is 0. The van der Waals surface area contributed by atoms with Crippen molar-refractivity contribution in [2.45, 2.75) is 13.8 Å². The van der Waals surface area contributed by atoms with Crippen LogP contribution in [0.1, 0.15) is 23.1 Å². The largest absolute Gasteiger partial charge is 0.370 e. The smallest absolute Gasteiger partial charge is 0.270 e. The summed E-state index contributed by atoms with van der Waals surface area (Å²) in [4.78, 5) is 25.4. The fourth-order valence-electron chi connectivity index (χ4n) is 2.65. The highest BCUT2D eigenvalue weighted by Crippen LogP contribution is 2.16. The molecule has 0 fully saturated rings. The number of pyridine rings is 1. The fourth-order valence-corrected chi connectivity index (χ4v) is 2.65. The van der Waals surface area contributed by atoms with E-state index in [1.54, 1.807) is 6.20 Å². The van der Waals surface area contributed by atoms with E-state index in [-0.39, 0.29) is 5.91 Å². The lowest BCUT2D eigenvalue weighted by atomic mass is 10.1. The molecule has 1 aromatic carbocycles. The lowest BCUT2D eigenvalue weighted by Crippen LogP contribution is -2.29. The van der Waals surface area contributed by atoms with Gasteiger partial charge in [-0.3, -0.25) is 9.78 Å². The van der Waals surface area contributed by atoms with Gasteiger partial charge in [0.25, 0.3) is 5.91 Å². The minimum atomic E-state index is -0.193. The first kappa shape index (κ1) is 17.6. The lowest BCUT2D eigenvalue weighted by molar-refractivity contribution is 0.0952. The summed E-state index contributed by atoms with van der Waals surface area (Å²) in [5, 5.41) is 11.0. The molecule has 3 N–H and O–H groups in total. The third kappa shape index (κ3) is 4.24. The van der Waals surface area contributed by atoms with Gasteiger partial charge in [-0.15, -0.1) is 0 Å². The average Bonchev–Trinajstić information content (AvgIpc) is 2.64. The van der Waals surface area contributed by atoms with Crippen LogP contribution >= 0.6 is 0 Å². The summed E-state index contributed by atoms with van der Waals surface area (Å²) in [5.74, 6) is 1.13. The van der Waals surface area contributed by atoms with Crippen molar-refractivity contribution >= 4 is 28.4 Å². The van der Waals surface area contributed by atoms with Gasteiger partial charge < -0.3 is 16.0 Å². The molecular formula is C19H22N6O. The van der Waals surface area contributed by atoms with Crippen LogP contribution in [-0.2, 0) is 0 Å². The van der Waals surface area contributed by atoms with E-state index >= 15 is 0 Å². The highest BCUT2D eigenvalue weighted by molar-refractivity contribution is 6.05. The molecule has 2 aromatic heterocycles. The SMILES string of the molecule is CCNc1cc(C)nc(NCCNC(=O)c2nccc3ccccc23)n1. The highest BCUT2D eigenvalue weighted by Gasteiger charge is 2.10. The predicted molar refractivity (Wildman–Crippen MR) is 103 cm³/mol. The van der Waals surface area contributed by atoms with Gasteiger partial charge in [0, 0.05) is 43.0 Å². The standard InChI is InChI=1S/C19H22N6O/c1-3-20-16-12-13(2)24-19(25-16)23-11-10-22-18(26)17-15-7-5-4-6-14(15)8-9-21-17/h4-9,12H,3,10-11H2,1-2H3,(H,22,26)(H2,20,23,24,25). The van der Waals surface area contributed by atoms with Gasteiger partial charge in [-0.25, -0.2) is 4.98 Å². The van der Waals surface area contributed by atoms with Crippen LogP contribution in [-0.4, -0.2) is 40.5 Å². The molecule has 0 aliphatic heterocycles. The number of benzene rings is 1. The maximum atomic E-state index is 12.4. The van der Waals surface area contributed by atoms with Gasteiger partial charge in [-0.1, -0.05) is 24.3 Å². The Morgan fingerprint density at radius 1 is 1.08 bits per heavy atom. The molecule has 0 radical (unpaired) electrons. The minimum absolute atomic E-state index is 0.193. The maximum absolute atomic E-state index is 12.4. The number of hydrogen-bond donors (Lipinski definition) is 3. The Labute approximate surface area is 152 Å². The zero-order chi connectivity index (χ0) is 18.4. The molecule has 0 spiro atoms. The molecule has 0 atom stereocenters. The van der Waals surface area contributed by atoms with E-state index in [0.717, 1.165) is 28.8 Å². The first-order valence-electron chi connectivity index (χ1n) is 8.62. The molecule has 7 nitrogen and oxygen atoms in total. The lowest BCUT2D eigenvalue weighted by Gasteiger charge is -2.10. The van der Waals surface area contributed by atoms with Gasteiger partial charge in [0.1, 0.15) is 11.5 Å². The molecular weight excluding hydrogens is 328 g/mol. The van der Waals surface area contributed by atoms with Gasteiger partial charge in [0.05, 0.1) is 0 Å². The second-order valence-corrected chi connectivity index (χ2v) is 5.81. The highest BCUT2D eigenvalue weighted by atomic mass is 16.1. The van der Waals surface area contributed by atoms with E-state index in [1.165, 1.54) is 0 Å². The van der Waals surface area contributed by atoms with Gasteiger partial charge in [-0.2, -0.15) is 4.98 Å². The molecule has 0 aliphatic rings. The van der Waals surface area contributed by atoms with Crippen LogP contribution in [0.4, 0.5) is 11.8 Å². The Morgan fingerprint density at radius 3 is 2.77 bits per heavy atom. The van der Waals surface area contributed by atoms with E-state index < -0.39 is 0 Å². The Kier molecular flexibility index (Phi) is 5.58. The second-order valence-electron chi connectivity index (χ2n) is 5.81. The summed E-state index contributed by atoms with van der Waals surface area (Å²) in [6.07, 6.45) is 1.65. The number of hydrogen-bond acceptors (Lipinski definition) is 6. The first-order valence-corrected chi connectivity index (χ1v) is 8.62. The topological polar surface area (TPSA) is 91.8 Å². The molecule has 0 saturated carbocycles. The van der Waals surface area contributed by atoms with Gasteiger partial charge in [0.2, 0.25) is 5.95 Å². The van der Waals surface area contributed by atoms with Crippen molar-refractivity contribution in [2.24, 2.45) is 0 Å². The molecule has 3 aromatic rings. The second kappa shape index (κ2) is 8.24. The molecule has 0 aliphatic carbocycles. The summed E-state index contributed by atoms with van der Waals surface area (Å²) in [7, 11) is 0. The van der Waals surface area contributed by atoms with Crippen molar-refractivity contribution in [2.75, 3.05) is 30.3 Å². The quantitative estimate of drug-likeness (QED) is 0.567. The number of nitrogens with zero attached hydrogens (tertiary/aromatic N) is 3. The monoisotopic (exact) mass is 350 g/mol. The molecule has 7 heteroatoms. The summed E-state index contributed by atoms with van der Waals surface area (Å²) < 4.78 is 0. The maximum Gasteiger partial charge on any atom is 0.270 e. The third-order valence-electron chi connectivity index (χ3n) is 3.79. The number of amides is 1. The van der Waals surface area contributed by atoms with Crippen LogP contribution < -0.4 is 16.0 Å². The van der Waals surface area contributed by atoms with Gasteiger partial charge >= 0.3 is 0 Å². The van der Waals surface area contributed by atoms with Crippen LogP contribution in [0.2, 0.25) is 0 Å².